The maximum atomic E-state index is 10.9. The van der Waals surface area contributed by atoms with E-state index in [1.165, 1.54) is 7.11 Å². The molecule has 0 radical (unpaired) electrons. The highest BCUT2D eigenvalue weighted by Crippen LogP contribution is 2.16. The van der Waals surface area contributed by atoms with Crippen molar-refractivity contribution in [3.8, 4) is 11.8 Å². The number of methoxy groups -OCH3 is 2. The van der Waals surface area contributed by atoms with E-state index in [9.17, 15) is 4.79 Å². The third-order valence-corrected chi connectivity index (χ3v) is 2.26. The minimum absolute atomic E-state index is 0.000750. The molecule has 5 nitrogen and oxygen atoms in total. The summed E-state index contributed by atoms with van der Waals surface area (Å²) in [6, 6.07) is 8.61. The summed E-state index contributed by atoms with van der Waals surface area (Å²) in [5.41, 5.74) is 0.775. The van der Waals surface area contributed by atoms with Crippen LogP contribution in [0.4, 0.5) is 0 Å². The molecule has 0 saturated carbocycles. The number of nitriles is 1. The molecule has 0 fully saturated rings. The first-order valence-electron chi connectivity index (χ1n) is 5.05. The number of esters is 1. The second kappa shape index (κ2) is 6.51. The van der Waals surface area contributed by atoms with Gasteiger partial charge in [-0.2, -0.15) is 5.26 Å². The number of benzene rings is 1. The summed E-state index contributed by atoms with van der Waals surface area (Å²) in [5, 5.41) is 11.8. The van der Waals surface area contributed by atoms with Crippen LogP contribution >= 0.6 is 0 Å². The quantitative estimate of drug-likeness (QED) is 0.770. The first-order valence-corrected chi connectivity index (χ1v) is 5.05. The second-order valence-corrected chi connectivity index (χ2v) is 3.29. The molecule has 0 aliphatic heterocycles. The summed E-state index contributed by atoms with van der Waals surface area (Å²) in [5.74, 6) is 0.317. The molecule has 0 amide bonds. The molecular weight excluding hydrogens is 220 g/mol. The minimum Gasteiger partial charge on any atom is -0.497 e. The molecule has 1 aromatic rings. The van der Waals surface area contributed by atoms with Crippen LogP contribution < -0.4 is 10.1 Å². The molecule has 0 aromatic heterocycles. The SMILES string of the molecule is COC(=O)CNC(C#N)c1ccc(OC)cc1. The Morgan fingerprint density at radius 1 is 1.41 bits per heavy atom. The lowest BCUT2D eigenvalue weighted by molar-refractivity contribution is -0.139. The van der Waals surface area contributed by atoms with Gasteiger partial charge in [0, 0.05) is 0 Å². The Morgan fingerprint density at radius 3 is 2.53 bits per heavy atom. The molecule has 0 bridgehead atoms. The molecule has 17 heavy (non-hydrogen) atoms. The summed E-state index contributed by atoms with van der Waals surface area (Å²) < 4.78 is 9.51. The third kappa shape index (κ3) is 3.78. The Labute approximate surface area is 100.0 Å². The fourth-order valence-corrected chi connectivity index (χ4v) is 1.29. The molecule has 90 valence electrons. The third-order valence-electron chi connectivity index (χ3n) is 2.26. The Kier molecular flexibility index (Phi) is 4.98. The van der Waals surface area contributed by atoms with Crippen LogP contribution in [0.15, 0.2) is 24.3 Å². The standard InChI is InChI=1S/C12H14N2O3/c1-16-10-5-3-9(4-6-10)11(7-13)14-8-12(15)17-2/h3-6,11,14H,8H2,1-2H3. The molecule has 0 aliphatic carbocycles. The van der Waals surface area contributed by atoms with Gasteiger partial charge >= 0.3 is 5.97 Å². The van der Waals surface area contributed by atoms with Crippen molar-refractivity contribution in [2.75, 3.05) is 20.8 Å². The monoisotopic (exact) mass is 234 g/mol. The van der Waals surface area contributed by atoms with E-state index in [1.807, 2.05) is 0 Å². The summed E-state index contributed by atoms with van der Waals surface area (Å²) in [7, 11) is 2.88. The summed E-state index contributed by atoms with van der Waals surface area (Å²) in [4.78, 5) is 10.9. The van der Waals surface area contributed by atoms with Crippen LogP contribution in [0.2, 0.25) is 0 Å². The van der Waals surface area contributed by atoms with Crippen molar-refractivity contribution in [2.45, 2.75) is 6.04 Å². The Bertz CT molecular complexity index is 409. The van der Waals surface area contributed by atoms with Gasteiger partial charge in [0.2, 0.25) is 0 Å². The zero-order valence-corrected chi connectivity index (χ0v) is 9.77. The van der Waals surface area contributed by atoms with Crippen LogP contribution in [0.25, 0.3) is 0 Å². The van der Waals surface area contributed by atoms with Gasteiger partial charge in [0.15, 0.2) is 0 Å². The number of hydrogen-bond acceptors (Lipinski definition) is 5. The van der Waals surface area contributed by atoms with E-state index in [0.29, 0.717) is 0 Å². The van der Waals surface area contributed by atoms with Gasteiger partial charge in [0.1, 0.15) is 11.8 Å². The number of nitrogens with one attached hydrogen (secondary N) is 1. The van der Waals surface area contributed by atoms with E-state index < -0.39 is 12.0 Å². The summed E-state index contributed by atoms with van der Waals surface area (Å²) in [6.45, 7) is 0.000750. The molecule has 0 saturated heterocycles. The Hall–Kier alpha value is -2.06. The van der Waals surface area contributed by atoms with E-state index in [-0.39, 0.29) is 6.54 Å². The summed E-state index contributed by atoms with van der Waals surface area (Å²) in [6.07, 6.45) is 0. The molecule has 1 aromatic carbocycles. The van der Waals surface area contributed by atoms with Gasteiger partial charge in [-0.1, -0.05) is 12.1 Å². The zero-order chi connectivity index (χ0) is 12.7. The first-order chi connectivity index (χ1) is 8.21. The predicted octanol–water partition coefficient (Wildman–Crippen LogP) is 1.02. The van der Waals surface area contributed by atoms with Gasteiger partial charge in [0.25, 0.3) is 0 Å². The number of rotatable bonds is 5. The molecular formula is C12H14N2O3. The van der Waals surface area contributed by atoms with E-state index in [2.05, 4.69) is 16.1 Å². The van der Waals surface area contributed by atoms with Crippen LogP contribution in [0.1, 0.15) is 11.6 Å². The molecule has 1 atom stereocenters. The Balaban J connectivity index is 2.66. The zero-order valence-electron chi connectivity index (χ0n) is 9.77. The lowest BCUT2D eigenvalue weighted by Gasteiger charge is -2.11. The molecule has 1 rings (SSSR count). The van der Waals surface area contributed by atoms with Crippen molar-refractivity contribution in [3.05, 3.63) is 29.8 Å². The maximum Gasteiger partial charge on any atom is 0.319 e. The lowest BCUT2D eigenvalue weighted by Crippen LogP contribution is -2.27. The van der Waals surface area contributed by atoms with Crippen LogP contribution in [-0.4, -0.2) is 26.7 Å². The van der Waals surface area contributed by atoms with E-state index in [4.69, 9.17) is 10.00 Å². The van der Waals surface area contributed by atoms with Crippen molar-refractivity contribution in [2.24, 2.45) is 0 Å². The van der Waals surface area contributed by atoms with Gasteiger partial charge in [0.05, 0.1) is 26.8 Å². The number of carbonyl (C=O) groups excluding carboxylic acids is 1. The smallest absolute Gasteiger partial charge is 0.319 e. The lowest BCUT2D eigenvalue weighted by atomic mass is 10.1. The molecule has 5 heteroatoms. The highest BCUT2D eigenvalue weighted by atomic mass is 16.5. The van der Waals surface area contributed by atoms with Gasteiger partial charge in [-0.25, -0.2) is 0 Å². The average Bonchev–Trinajstić information content (AvgIpc) is 2.39. The van der Waals surface area contributed by atoms with Crippen LogP contribution in [0, 0.1) is 11.3 Å². The van der Waals surface area contributed by atoms with E-state index in [0.717, 1.165) is 11.3 Å². The highest BCUT2D eigenvalue weighted by Gasteiger charge is 2.11. The van der Waals surface area contributed by atoms with Crippen LogP contribution in [0.5, 0.6) is 5.75 Å². The first kappa shape index (κ1) is 13.0. The summed E-state index contributed by atoms with van der Waals surface area (Å²) >= 11 is 0. The normalized spacial score (nSPS) is 11.4. The highest BCUT2D eigenvalue weighted by molar-refractivity contribution is 5.71. The number of hydrogen-bond donors (Lipinski definition) is 1. The molecule has 1 N–H and O–H groups in total. The average molecular weight is 234 g/mol. The van der Waals surface area contributed by atoms with Gasteiger partial charge < -0.3 is 9.47 Å². The van der Waals surface area contributed by atoms with Crippen molar-refractivity contribution in [1.29, 1.82) is 5.26 Å². The largest absolute Gasteiger partial charge is 0.497 e. The van der Waals surface area contributed by atoms with Crippen LogP contribution in [0.3, 0.4) is 0 Å². The second-order valence-electron chi connectivity index (χ2n) is 3.29. The number of carbonyl (C=O) groups is 1. The topological polar surface area (TPSA) is 71.3 Å². The van der Waals surface area contributed by atoms with Crippen molar-refractivity contribution in [1.82, 2.24) is 5.32 Å². The van der Waals surface area contributed by atoms with E-state index >= 15 is 0 Å². The van der Waals surface area contributed by atoms with Crippen molar-refractivity contribution in [3.63, 3.8) is 0 Å². The van der Waals surface area contributed by atoms with Crippen molar-refractivity contribution >= 4 is 5.97 Å². The number of nitrogens with zero attached hydrogens (tertiary/aromatic N) is 1. The van der Waals surface area contributed by atoms with Crippen molar-refractivity contribution < 1.29 is 14.3 Å². The van der Waals surface area contributed by atoms with Gasteiger partial charge in [-0.05, 0) is 17.7 Å². The molecule has 0 heterocycles. The van der Waals surface area contributed by atoms with Crippen LogP contribution in [-0.2, 0) is 9.53 Å². The minimum atomic E-state index is -0.542. The predicted molar refractivity (Wildman–Crippen MR) is 61.4 cm³/mol. The van der Waals surface area contributed by atoms with E-state index in [1.54, 1.807) is 31.4 Å². The fraction of sp³-hybridized carbons (Fsp3) is 0.333. The van der Waals surface area contributed by atoms with Gasteiger partial charge in [-0.3, -0.25) is 10.1 Å². The molecule has 0 aliphatic rings. The molecule has 0 spiro atoms. The fourth-order valence-electron chi connectivity index (χ4n) is 1.29. The number of ether oxygens (including phenoxy) is 2. The Morgan fingerprint density at radius 2 is 2.06 bits per heavy atom. The van der Waals surface area contributed by atoms with Gasteiger partial charge in [-0.15, -0.1) is 0 Å². The maximum absolute atomic E-state index is 10.9. The molecule has 1 unspecified atom stereocenters.